The average Bonchev–Trinajstić information content (AvgIpc) is 2.98. The lowest BCUT2D eigenvalue weighted by molar-refractivity contribution is 0.112. The molecule has 0 saturated heterocycles. The fourth-order valence-corrected chi connectivity index (χ4v) is 6.07. The molecule has 0 bridgehead atoms. The van der Waals surface area contributed by atoms with E-state index >= 15 is 0 Å². The van der Waals surface area contributed by atoms with E-state index in [2.05, 4.69) is 175 Å². The summed E-state index contributed by atoms with van der Waals surface area (Å²) >= 11 is 3.41. The molecular weight excluding hydrogens is 604 g/mol. The zero-order valence-corrected chi connectivity index (χ0v) is 29.8. The van der Waals surface area contributed by atoms with Crippen molar-refractivity contribution in [3.63, 3.8) is 0 Å². The Labute approximate surface area is 275 Å². The van der Waals surface area contributed by atoms with Gasteiger partial charge in [-0.05, 0) is 67.3 Å². The monoisotopic (exact) mass is 654 g/mol. The summed E-state index contributed by atoms with van der Waals surface area (Å²) in [6, 6.07) is 36.5. The maximum Gasteiger partial charge on any atom is 0.119 e. The highest BCUT2D eigenvalue weighted by Gasteiger charge is 2.39. The van der Waals surface area contributed by atoms with Crippen LogP contribution in [0.2, 0.25) is 0 Å². The molecule has 0 aromatic heterocycles. The Morgan fingerprint density at radius 1 is 0.409 bits per heavy atom. The number of ether oxygens (including phenoxy) is 2. The molecule has 0 aliphatic rings. The van der Waals surface area contributed by atoms with E-state index in [1.54, 1.807) is 0 Å². The number of halogens is 1. The second kappa shape index (κ2) is 13.6. The molecule has 0 fully saturated rings. The highest BCUT2D eigenvalue weighted by atomic mass is 79.9. The third-order valence-electron chi connectivity index (χ3n) is 8.56. The Morgan fingerprint density at radius 2 is 0.705 bits per heavy atom. The van der Waals surface area contributed by atoms with Gasteiger partial charge in [-0.3, -0.25) is 0 Å². The Hall–Kier alpha value is -2.88. The maximum atomic E-state index is 6.06. The highest BCUT2D eigenvalue weighted by Crippen LogP contribution is 2.47. The smallest absolute Gasteiger partial charge is 0.119 e. The van der Waals surface area contributed by atoms with Crippen LogP contribution in [0.1, 0.15) is 101 Å². The van der Waals surface area contributed by atoms with Gasteiger partial charge in [-0.25, -0.2) is 0 Å². The summed E-state index contributed by atoms with van der Waals surface area (Å²) in [6.45, 7) is 22.2. The average molecular weight is 656 g/mol. The Bertz CT molecular complexity index is 1320. The van der Waals surface area contributed by atoms with Gasteiger partial charge in [0.05, 0.1) is 18.6 Å². The van der Waals surface area contributed by atoms with Crippen molar-refractivity contribution in [3.8, 4) is 5.75 Å². The van der Waals surface area contributed by atoms with Gasteiger partial charge in [0.2, 0.25) is 0 Å². The molecule has 0 atom stereocenters. The van der Waals surface area contributed by atoms with E-state index in [0.717, 1.165) is 11.1 Å². The molecule has 0 aliphatic carbocycles. The Morgan fingerprint density at radius 3 is 1.00 bits per heavy atom. The minimum absolute atomic E-state index is 0.0706. The lowest BCUT2D eigenvalue weighted by atomic mass is 9.64. The fourth-order valence-electron chi connectivity index (χ4n) is 5.84. The fraction of sp³-hybridized carbons (Fsp3) is 0.415. The molecule has 2 nitrogen and oxygen atoms in total. The van der Waals surface area contributed by atoms with E-state index < -0.39 is 5.41 Å². The van der Waals surface area contributed by atoms with Gasteiger partial charge in [-0.1, -0.05) is 163 Å². The van der Waals surface area contributed by atoms with Crippen LogP contribution in [0, 0.1) is 0 Å². The summed E-state index contributed by atoms with van der Waals surface area (Å²) in [4.78, 5) is 0. The van der Waals surface area contributed by atoms with Gasteiger partial charge in [0.25, 0.3) is 0 Å². The van der Waals surface area contributed by atoms with Crippen molar-refractivity contribution in [3.05, 3.63) is 136 Å². The first-order chi connectivity index (χ1) is 20.7. The largest absolute Gasteiger partial charge is 0.491 e. The molecule has 0 heterocycles. The van der Waals surface area contributed by atoms with Gasteiger partial charge < -0.3 is 9.47 Å². The summed E-state index contributed by atoms with van der Waals surface area (Å²) in [6.07, 6.45) is 0. The highest BCUT2D eigenvalue weighted by molar-refractivity contribution is 9.09. The van der Waals surface area contributed by atoms with Crippen molar-refractivity contribution < 1.29 is 9.47 Å². The van der Waals surface area contributed by atoms with E-state index in [0.29, 0.717) is 19.8 Å². The predicted octanol–water partition coefficient (Wildman–Crippen LogP) is 10.8. The minimum atomic E-state index is -0.527. The minimum Gasteiger partial charge on any atom is -0.491 e. The third kappa shape index (κ3) is 7.66. The van der Waals surface area contributed by atoms with E-state index in [9.17, 15) is 0 Å². The van der Waals surface area contributed by atoms with Gasteiger partial charge in [-0.2, -0.15) is 0 Å². The molecule has 3 heteroatoms. The molecule has 4 aromatic carbocycles. The summed E-state index contributed by atoms with van der Waals surface area (Å²) in [5.41, 5.74) is 8.60. The van der Waals surface area contributed by atoms with Crippen LogP contribution >= 0.6 is 15.9 Å². The third-order valence-corrected chi connectivity index (χ3v) is 8.88. The van der Waals surface area contributed by atoms with Crippen molar-refractivity contribution in [2.75, 3.05) is 25.2 Å². The number of hydrogen-bond acceptors (Lipinski definition) is 2. The van der Waals surface area contributed by atoms with Crippen molar-refractivity contribution >= 4 is 15.9 Å². The molecule has 0 saturated carbocycles. The molecule has 0 unspecified atom stereocenters. The summed E-state index contributed by atoms with van der Waals surface area (Å²) in [5.74, 6) is 0.847. The van der Waals surface area contributed by atoms with Gasteiger partial charge in [-0.15, -0.1) is 0 Å². The predicted molar refractivity (Wildman–Crippen MR) is 191 cm³/mol. The molecule has 44 heavy (non-hydrogen) atoms. The van der Waals surface area contributed by atoms with Crippen LogP contribution in [0.4, 0.5) is 0 Å². The topological polar surface area (TPSA) is 18.5 Å². The van der Waals surface area contributed by atoms with Gasteiger partial charge in [0.15, 0.2) is 0 Å². The molecule has 0 N–H and O–H groups in total. The number of benzene rings is 4. The van der Waals surface area contributed by atoms with E-state index in [1.165, 1.54) is 38.9 Å². The lowest BCUT2D eigenvalue weighted by Gasteiger charge is -2.38. The quantitative estimate of drug-likeness (QED) is 0.0962. The molecule has 4 rings (SSSR count). The normalized spacial score (nSPS) is 12.8. The number of rotatable bonds is 10. The SMILES string of the molecule is CC(C)(C)c1ccc(C(c2ccc(OCCOCCBr)cc2)(c2ccc(C(C)(C)C)cc2)c2ccc(C(C)(C)C)cc2)cc1. The first kappa shape index (κ1) is 34.0. The second-order valence-electron chi connectivity index (χ2n) is 14.9. The van der Waals surface area contributed by atoms with Crippen LogP contribution in [0.15, 0.2) is 97.1 Å². The van der Waals surface area contributed by atoms with Crippen LogP contribution in [0.5, 0.6) is 5.75 Å². The molecule has 234 valence electrons. The van der Waals surface area contributed by atoms with Crippen LogP contribution in [-0.2, 0) is 26.4 Å². The van der Waals surface area contributed by atoms with Crippen LogP contribution in [0.3, 0.4) is 0 Å². The number of alkyl halides is 1. The summed E-state index contributed by atoms with van der Waals surface area (Å²) in [7, 11) is 0. The molecule has 0 radical (unpaired) electrons. The van der Waals surface area contributed by atoms with Gasteiger partial charge >= 0.3 is 0 Å². The van der Waals surface area contributed by atoms with Crippen LogP contribution < -0.4 is 4.74 Å². The van der Waals surface area contributed by atoms with Crippen LogP contribution in [-0.4, -0.2) is 25.2 Å². The zero-order chi connectivity index (χ0) is 32.2. The Kier molecular flexibility index (Phi) is 10.5. The van der Waals surface area contributed by atoms with Crippen molar-refractivity contribution in [2.24, 2.45) is 0 Å². The molecular formula is C41H51BrO2. The first-order valence-corrected chi connectivity index (χ1v) is 17.0. The van der Waals surface area contributed by atoms with E-state index in [-0.39, 0.29) is 16.2 Å². The molecule has 0 aliphatic heterocycles. The Balaban J connectivity index is 1.94. The first-order valence-electron chi connectivity index (χ1n) is 15.9. The zero-order valence-electron chi connectivity index (χ0n) is 28.3. The second-order valence-corrected chi connectivity index (χ2v) is 15.7. The van der Waals surface area contributed by atoms with Crippen molar-refractivity contribution in [1.29, 1.82) is 0 Å². The van der Waals surface area contributed by atoms with E-state index in [4.69, 9.17) is 9.47 Å². The molecule has 0 amide bonds. The summed E-state index contributed by atoms with van der Waals surface area (Å²) in [5, 5.41) is 0.827. The number of hydrogen-bond donors (Lipinski definition) is 0. The summed E-state index contributed by atoms with van der Waals surface area (Å²) < 4.78 is 11.6. The van der Waals surface area contributed by atoms with Crippen molar-refractivity contribution in [1.82, 2.24) is 0 Å². The molecule has 0 spiro atoms. The van der Waals surface area contributed by atoms with Crippen LogP contribution in [0.25, 0.3) is 0 Å². The van der Waals surface area contributed by atoms with Gasteiger partial charge in [0.1, 0.15) is 12.4 Å². The van der Waals surface area contributed by atoms with E-state index in [1.807, 2.05) is 0 Å². The standard InChI is InChI=1S/C41H51BrO2/c1-38(2,3)30-10-16-33(17-11-30)41(34-18-12-31(13-19-34)39(4,5)6,35-20-14-32(15-21-35)40(7,8)9)36-22-24-37(25-23-36)44-29-28-43-27-26-42/h10-25H,26-29H2,1-9H3. The van der Waals surface area contributed by atoms with Gasteiger partial charge in [0, 0.05) is 5.33 Å². The van der Waals surface area contributed by atoms with Crippen molar-refractivity contribution in [2.45, 2.75) is 84.0 Å². The maximum absolute atomic E-state index is 6.06. The molecule has 4 aromatic rings. The lowest BCUT2D eigenvalue weighted by Crippen LogP contribution is -2.31.